The number of sulfonamides is 1. The summed E-state index contributed by atoms with van der Waals surface area (Å²) in [6.45, 7) is -0.134. The number of alkyl halides is 9. The zero-order chi connectivity index (χ0) is 27.9. The van der Waals surface area contributed by atoms with Gasteiger partial charge in [0.15, 0.2) is 0 Å². The molecule has 8 nitrogen and oxygen atoms in total. The molecule has 0 spiro atoms. The minimum absolute atomic E-state index is 0.00727. The van der Waals surface area contributed by atoms with Gasteiger partial charge in [-0.1, -0.05) is 12.1 Å². The minimum Gasteiger partial charge on any atom is -0.369 e. The average Bonchev–Trinajstić information content (AvgIpc) is 3.33. The van der Waals surface area contributed by atoms with Gasteiger partial charge in [-0.15, -0.1) is 11.3 Å². The van der Waals surface area contributed by atoms with Gasteiger partial charge in [0.2, 0.25) is 4.34 Å². The first-order valence-corrected chi connectivity index (χ1v) is 12.1. The fourth-order valence-corrected chi connectivity index (χ4v) is 5.71. The van der Waals surface area contributed by atoms with Gasteiger partial charge >= 0.3 is 30.1 Å². The molecular weight excluding hydrogens is 573 g/mol. The summed E-state index contributed by atoms with van der Waals surface area (Å²) in [5.41, 5.74) is -7.06. The molecule has 0 aliphatic carbocycles. The predicted molar refractivity (Wildman–Crippen MR) is 107 cm³/mol. The summed E-state index contributed by atoms with van der Waals surface area (Å²) in [6, 6.07) is 2.22. The molecular formula is C18H14F9N3O5S2. The number of aromatic nitrogens is 1. The molecule has 1 saturated heterocycles. The van der Waals surface area contributed by atoms with Crippen LogP contribution in [0.4, 0.5) is 45.2 Å². The Balaban J connectivity index is 1.84. The molecule has 2 heterocycles. The fraction of sp³-hybridized carbons (Fsp3) is 0.444. The van der Waals surface area contributed by atoms with E-state index >= 15 is 0 Å². The lowest BCUT2D eigenvalue weighted by Gasteiger charge is -2.36. The van der Waals surface area contributed by atoms with Crippen molar-refractivity contribution in [3.8, 4) is 0 Å². The highest BCUT2D eigenvalue weighted by Gasteiger charge is 2.76. The number of halogens is 9. The van der Waals surface area contributed by atoms with Crippen LogP contribution in [0.25, 0.3) is 0 Å². The Hall–Kier alpha value is -2.64. The van der Waals surface area contributed by atoms with Gasteiger partial charge in [0.1, 0.15) is 0 Å². The van der Waals surface area contributed by atoms with Crippen LogP contribution in [0, 0.1) is 0 Å². The van der Waals surface area contributed by atoms with Crippen molar-refractivity contribution in [2.75, 3.05) is 31.1 Å². The maximum absolute atomic E-state index is 13.6. The molecule has 0 amide bonds. The summed E-state index contributed by atoms with van der Waals surface area (Å²) < 4.78 is 145. The molecule has 0 saturated carbocycles. The molecule has 1 aliphatic rings. The molecule has 0 atom stereocenters. The SMILES string of the molecule is O=C(OOC(c1ccc(N2CCN(S(=O)(=O)c3nccs3)CC2)cc1)(C(F)(F)F)C(F)(F)F)C(F)(F)F. The summed E-state index contributed by atoms with van der Waals surface area (Å²) in [7, 11) is -3.88. The van der Waals surface area contributed by atoms with Gasteiger partial charge in [-0.3, -0.25) is 4.89 Å². The third-order valence-corrected chi connectivity index (χ3v) is 8.20. The lowest BCUT2D eigenvalue weighted by Crippen LogP contribution is -2.56. The average molecular weight is 587 g/mol. The smallest absolute Gasteiger partial charge is 0.369 e. The summed E-state index contributed by atoms with van der Waals surface area (Å²) in [4.78, 5) is 22.1. The molecule has 1 aromatic heterocycles. The second-order valence-electron chi connectivity index (χ2n) is 7.36. The van der Waals surface area contributed by atoms with Crippen LogP contribution >= 0.6 is 11.3 Å². The van der Waals surface area contributed by atoms with Gasteiger partial charge in [-0.05, 0) is 12.1 Å². The lowest BCUT2D eigenvalue weighted by atomic mass is 9.92. The minimum atomic E-state index is -6.41. The highest BCUT2D eigenvalue weighted by atomic mass is 32.2. The van der Waals surface area contributed by atoms with Gasteiger partial charge in [0.25, 0.3) is 10.0 Å². The highest BCUT2D eigenvalue weighted by molar-refractivity contribution is 7.91. The number of piperazine rings is 1. The first kappa shape index (κ1) is 28.9. The molecule has 0 N–H and O–H groups in total. The zero-order valence-electron chi connectivity index (χ0n) is 17.9. The number of hydrogen-bond acceptors (Lipinski definition) is 8. The zero-order valence-corrected chi connectivity index (χ0v) is 19.5. The van der Waals surface area contributed by atoms with Crippen LogP contribution in [0.15, 0.2) is 40.2 Å². The first-order valence-electron chi connectivity index (χ1n) is 9.76. The van der Waals surface area contributed by atoms with E-state index in [4.69, 9.17) is 0 Å². The van der Waals surface area contributed by atoms with Crippen molar-refractivity contribution in [2.24, 2.45) is 0 Å². The van der Waals surface area contributed by atoms with Gasteiger partial charge in [0.05, 0.1) is 0 Å². The van der Waals surface area contributed by atoms with E-state index in [0.29, 0.717) is 12.1 Å². The van der Waals surface area contributed by atoms with Crippen molar-refractivity contribution in [3.05, 3.63) is 41.4 Å². The number of nitrogens with zero attached hydrogens (tertiary/aromatic N) is 3. The van der Waals surface area contributed by atoms with E-state index in [9.17, 15) is 52.7 Å². The van der Waals surface area contributed by atoms with E-state index in [2.05, 4.69) is 14.8 Å². The fourth-order valence-electron chi connectivity index (χ4n) is 3.32. The standard InChI is InChI=1S/C18H14F9N3O5S2/c19-16(20,21)13(31)34-35-15(17(22,23)24,18(25,26)27)11-1-3-12(4-2-11)29-6-8-30(9-7-29)37(32,33)14-28-5-10-36-14/h1-5,10H,6-9H2. The number of anilines is 1. The predicted octanol–water partition coefficient (Wildman–Crippen LogP) is 4.01. The number of thiazole rings is 1. The van der Waals surface area contributed by atoms with Crippen molar-refractivity contribution in [3.63, 3.8) is 0 Å². The van der Waals surface area contributed by atoms with E-state index < -0.39 is 45.7 Å². The highest BCUT2D eigenvalue weighted by Crippen LogP contribution is 2.53. The molecule has 1 fully saturated rings. The topological polar surface area (TPSA) is 89.0 Å². The Labute approximate surface area is 206 Å². The maximum atomic E-state index is 13.6. The van der Waals surface area contributed by atoms with Crippen LogP contribution < -0.4 is 4.90 Å². The van der Waals surface area contributed by atoms with Crippen molar-refractivity contribution in [2.45, 2.75) is 28.5 Å². The van der Waals surface area contributed by atoms with E-state index in [1.807, 2.05) is 0 Å². The largest absolute Gasteiger partial charge is 0.494 e. The van der Waals surface area contributed by atoms with Crippen molar-refractivity contribution in [1.29, 1.82) is 0 Å². The number of carbonyl (C=O) groups is 1. The Morgan fingerprint density at radius 3 is 1.86 bits per heavy atom. The second-order valence-corrected chi connectivity index (χ2v) is 10.4. The van der Waals surface area contributed by atoms with Crippen LogP contribution in [0.5, 0.6) is 0 Å². The van der Waals surface area contributed by atoms with Crippen molar-refractivity contribution in [1.82, 2.24) is 9.29 Å². The van der Waals surface area contributed by atoms with E-state index in [-0.39, 0.29) is 36.2 Å². The third-order valence-electron chi connectivity index (χ3n) is 5.12. The molecule has 1 aliphatic heterocycles. The van der Waals surface area contributed by atoms with Gasteiger partial charge in [0, 0.05) is 49.0 Å². The van der Waals surface area contributed by atoms with Crippen LogP contribution in [0.1, 0.15) is 5.56 Å². The molecule has 206 valence electrons. The van der Waals surface area contributed by atoms with Crippen molar-refractivity contribution >= 4 is 33.0 Å². The monoisotopic (exact) mass is 587 g/mol. The Morgan fingerprint density at radius 2 is 1.43 bits per heavy atom. The summed E-state index contributed by atoms with van der Waals surface area (Å²) in [5, 5.41) is 1.46. The Kier molecular flexibility index (Phi) is 7.75. The molecule has 2 aromatic rings. The Bertz CT molecular complexity index is 1180. The molecule has 37 heavy (non-hydrogen) atoms. The van der Waals surface area contributed by atoms with Gasteiger partial charge in [-0.25, -0.2) is 18.2 Å². The third kappa shape index (κ3) is 5.63. The number of hydrogen-bond donors (Lipinski definition) is 0. The number of rotatable bonds is 6. The van der Waals surface area contributed by atoms with Crippen LogP contribution in [0.2, 0.25) is 0 Å². The van der Waals surface area contributed by atoms with Crippen LogP contribution in [-0.4, -0.2) is 68.4 Å². The van der Waals surface area contributed by atoms with E-state index in [1.165, 1.54) is 16.5 Å². The Morgan fingerprint density at radius 1 is 0.892 bits per heavy atom. The summed E-state index contributed by atoms with van der Waals surface area (Å²) in [5.74, 6) is -3.42. The van der Waals surface area contributed by atoms with Gasteiger partial charge in [-0.2, -0.15) is 48.7 Å². The van der Waals surface area contributed by atoms with E-state index in [0.717, 1.165) is 27.8 Å². The molecule has 19 heteroatoms. The maximum Gasteiger partial charge on any atom is 0.494 e. The molecule has 3 rings (SSSR count). The molecule has 0 bridgehead atoms. The first-order chi connectivity index (χ1) is 16.9. The van der Waals surface area contributed by atoms with Gasteiger partial charge < -0.3 is 4.90 Å². The summed E-state index contributed by atoms with van der Waals surface area (Å²) >= 11 is 0.892. The van der Waals surface area contributed by atoms with Crippen LogP contribution in [-0.2, 0) is 30.2 Å². The number of carbonyl (C=O) groups excluding carboxylic acids is 1. The quantitative estimate of drug-likeness (QED) is 0.287. The molecule has 1 aromatic carbocycles. The van der Waals surface area contributed by atoms with Crippen molar-refractivity contribution < 1.29 is 62.5 Å². The molecule has 0 radical (unpaired) electrons. The summed E-state index contributed by atoms with van der Waals surface area (Å²) in [6.07, 6.45) is -17.4. The second kappa shape index (κ2) is 9.91. The van der Waals surface area contributed by atoms with E-state index in [1.54, 1.807) is 0 Å². The lowest BCUT2D eigenvalue weighted by molar-refractivity contribution is -0.478. The van der Waals surface area contributed by atoms with Crippen LogP contribution in [0.3, 0.4) is 0 Å². The normalized spacial score (nSPS) is 16.6. The number of benzene rings is 1. The molecule has 0 unspecified atom stereocenters.